The minimum Gasteiger partial charge on any atom is -0.255 e. The lowest BCUT2D eigenvalue weighted by Gasteiger charge is -2.27. The molecule has 0 atom stereocenters. The van der Waals surface area contributed by atoms with Gasteiger partial charge < -0.3 is 0 Å². The number of benzene rings is 4. The van der Waals surface area contributed by atoms with E-state index in [-0.39, 0.29) is 0 Å². The van der Waals surface area contributed by atoms with Crippen LogP contribution in [0.2, 0.25) is 0 Å². The summed E-state index contributed by atoms with van der Waals surface area (Å²) in [7, 11) is -2.47. The van der Waals surface area contributed by atoms with Crippen LogP contribution >= 0.6 is 18.4 Å². The molecule has 0 saturated carbocycles. The molecule has 2 aromatic heterocycles. The number of hydrogen-bond acceptors (Lipinski definition) is 5. The molecule has 0 fully saturated rings. The lowest BCUT2D eigenvalue weighted by molar-refractivity contribution is 1.31. The summed E-state index contributed by atoms with van der Waals surface area (Å²) in [6.45, 7) is 0. The van der Waals surface area contributed by atoms with Crippen LogP contribution in [0, 0.1) is 0 Å². The Bertz CT molecular complexity index is 1610. The highest BCUT2D eigenvalue weighted by molar-refractivity contribution is 7.87. The van der Waals surface area contributed by atoms with Gasteiger partial charge in [-0.1, -0.05) is 109 Å². The van der Waals surface area contributed by atoms with Crippen LogP contribution in [0.15, 0.2) is 143 Å². The first kappa shape index (κ1) is 23.2. The largest absolute Gasteiger partial charge is 0.255 e. The maximum Gasteiger partial charge on any atom is 0.144 e. The number of nitrogens with zero attached hydrogens (tertiary/aromatic N) is 4. The van der Waals surface area contributed by atoms with Crippen molar-refractivity contribution in [3.63, 3.8) is 0 Å². The van der Waals surface area contributed by atoms with Gasteiger partial charge in [-0.2, -0.15) is 0 Å². The Morgan fingerprint density at radius 1 is 0.595 bits per heavy atom. The second-order valence-corrected chi connectivity index (χ2v) is 12.4. The van der Waals surface area contributed by atoms with E-state index in [1.165, 1.54) is 15.9 Å². The summed E-state index contributed by atoms with van der Waals surface area (Å²) in [4.78, 5) is 15.9. The summed E-state index contributed by atoms with van der Waals surface area (Å²) < 4.78 is 5.73. The van der Waals surface area contributed by atoms with E-state index in [0.717, 1.165) is 26.6 Å². The van der Waals surface area contributed by atoms with E-state index in [0.29, 0.717) is 0 Å². The molecule has 0 aliphatic carbocycles. The number of aromatic nitrogens is 2. The molecular weight excluding hydrogens is 491 g/mol. The van der Waals surface area contributed by atoms with E-state index in [1.807, 2.05) is 36.5 Å². The predicted octanol–water partition coefficient (Wildman–Crippen LogP) is 7.25. The molecule has 6 aromatic rings. The summed E-state index contributed by atoms with van der Waals surface area (Å²) in [5, 5.41) is 3.55. The fourth-order valence-electron chi connectivity index (χ4n) is 4.36. The average molecular weight is 515 g/mol. The zero-order valence-electron chi connectivity index (χ0n) is 19.9. The quantitative estimate of drug-likeness (QED) is 0.174. The third kappa shape index (κ3) is 4.55. The molecular formula is C31H23N4PS. The molecule has 0 spiro atoms. The van der Waals surface area contributed by atoms with Crippen molar-refractivity contribution >= 4 is 62.2 Å². The average Bonchev–Trinajstić information content (AvgIpc) is 3.33. The van der Waals surface area contributed by atoms with Crippen LogP contribution in [0.1, 0.15) is 4.88 Å². The highest BCUT2D eigenvalue weighted by atomic mass is 32.1. The van der Waals surface area contributed by atoms with Crippen LogP contribution in [-0.2, 0) is 0 Å². The molecule has 6 heteroatoms. The molecule has 0 amide bonds. The normalized spacial score (nSPS) is 11.7. The topological polar surface area (TPSA) is 50.5 Å². The molecule has 2 heterocycles. The molecule has 0 radical (unpaired) electrons. The van der Waals surface area contributed by atoms with Crippen molar-refractivity contribution in [2.45, 2.75) is 0 Å². The first-order chi connectivity index (χ1) is 18.3. The highest BCUT2D eigenvalue weighted by Crippen LogP contribution is 2.51. The van der Waals surface area contributed by atoms with E-state index < -0.39 is 7.05 Å². The number of thiophene rings is 1. The number of rotatable bonds is 6. The van der Waals surface area contributed by atoms with Crippen LogP contribution in [-0.4, -0.2) is 16.2 Å². The second kappa shape index (κ2) is 10.4. The molecule has 0 aliphatic heterocycles. The monoisotopic (exact) mass is 514 g/mol. The molecule has 37 heavy (non-hydrogen) atoms. The number of hydrogen-bond donors (Lipinski definition) is 0. The number of aliphatic imine (C=N–C) groups is 1. The Morgan fingerprint density at radius 3 is 1.62 bits per heavy atom. The molecule has 0 bridgehead atoms. The van der Waals surface area contributed by atoms with E-state index in [9.17, 15) is 0 Å². The Morgan fingerprint density at radius 2 is 1.08 bits per heavy atom. The lowest BCUT2D eigenvalue weighted by atomic mass is 10.3. The summed E-state index contributed by atoms with van der Waals surface area (Å²) in [6, 6.07) is 41.8. The first-order valence-corrected chi connectivity index (χ1v) is 14.5. The zero-order valence-corrected chi connectivity index (χ0v) is 21.6. The smallest absolute Gasteiger partial charge is 0.144 e. The van der Waals surface area contributed by atoms with Gasteiger partial charge >= 0.3 is 0 Å². The van der Waals surface area contributed by atoms with Crippen molar-refractivity contribution in [2.24, 2.45) is 9.74 Å². The van der Waals surface area contributed by atoms with Crippen molar-refractivity contribution in [3.05, 3.63) is 139 Å². The van der Waals surface area contributed by atoms with Gasteiger partial charge in [0, 0.05) is 34.5 Å². The van der Waals surface area contributed by atoms with Gasteiger partial charge in [-0.15, -0.1) is 11.3 Å². The molecule has 178 valence electrons. The van der Waals surface area contributed by atoms with Gasteiger partial charge in [0.15, 0.2) is 0 Å². The first-order valence-electron chi connectivity index (χ1n) is 12.0. The van der Waals surface area contributed by atoms with Crippen LogP contribution in [0.25, 0.3) is 10.3 Å². The Kier molecular flexibility index (Phi) is 6.55. The van der Waals surface area contributed by atoms with E-state index in [4.69, 9.17) is 14.7 Å². The maximum atomic E-state index is 5.73. The van der Waals surface area contributed by atoms with Gasteiger partial charge in [-0.3, -0.25) is 4.99 Å². The molecule has 4 aromatic carbocycles. The molecule has 0 aliphatic rings. The van der Waals surface area contributed by atoms with E-state index in [1.54, 1.807) is 23.7 Å². The molecule has 0 saturated heterocycles. The van der Waals surface area contributed by atoms with E-state index >= 15 is 0 Å². The van der Waals surface area contributed by atoms with Gasteiger partial charge in [-0.05, 0) is 12.1 Å². The molecule has 0 unspecified atom stereocenters. The van der Waals surface area contributed by atoms with Crippen molar-refractivity contribution in [1.29, 1.82) is 0 Å². The maximum absolute atomic E-state index is 5.73. The second-order valence-electron chi connectivity index (χ2n) is 8.36. The van der Waals surface area contributed by atoms with Crippen LogP contribution in [0.4, 0.5) is 11.4 Å². The Labute approximate surface area is 220 Å². The highest BCUT2D eigenvalue weighted by Gasteiger charge is 2.29. The van der Waals surface area contributed by atoms with Gasteiger partial charge in [-0.25, -0.2) is 14.7 Å². The summed E-state index contributed by atoms with van der Waals surface area (Å²) in [5.41, 5.74) is 2.52. The third-order valence-corrected chi connectivity index (χ3v) is 10.7. The van der Waals surface area contributed by atoms with Crippen LogP contribution in [0.3, 0.4) is 0 Å². The lowest BCUT2D eigenvalue weighted by Crippen LogP contribution is -2.25. The summed E-state index contributed by atoms with van der Waals surface area (Å²) in [6.07, 6.45) is 5.37. The standard InChI is InChI=1S/C31H23N4PS/c1-5-13-24(14-6-1)34-23-28-29(30-31(37-28)33-22-21-32-30)35-36(25-15-7-2-8-16-25,26-17-9-3-10-18-26)27-19-11-4-12-20-27/h1-23H. The van der Waals surface area contributed by atoms with Gasteiger partial charge in [0.05, 0.1) is 17.6 Å². The third-order valence-electron chi connectivity index (χ3n) is 6.06. The zero-order chi connectivity index (χ0) is 24.9. The fraction of sp³-hybridized carbons (Fsp3) is 0. The Hall–Kier alpha value is -4.18. The number of para-hydroxylation sites is 1. The van der Waals surface area contributed by atoms with Gasteiger partial charge in [0.25, 0.3) is 0 Å². The van der Waals surface area contributed by atoms with E-state index in [2.05, 4.69) is 96.0 Å². The van der Waals surface area contributed by atoms with Crippen LogP contribution in [0.5, 0.6) is 0 Å². The predicted molar refractivity (Wildman–Crippen MR) is 158 cm³/mol. The van der Waals surface area contributed by atoms with Crippen molar-refractivity contribution in [1.82, 2.24) is 9.97 Å². The summed E-state index contributed by atoms with van der Waals surface area (Å²) >= 11 is 1.57. The number of fused-ring (bicyclic) bond motifs is 1. The minimum atomic E-state index is -2.47. The molecule has 0 N–H and O–H groups in total. The molecule has 6 rings (SSSR count). The Balaban J connectivity index is 1.71. The van der Waals surface area contributed by atoms with Crippen molar-refractivity contribution < 1.29 is 0 Å². The fourth-order valence-corrected chi connectivity index (χ4v) is 8.90. The van der Waals surface area contributed by atoms with Crippen molar-refractivity contribution in [3.8, 4) is 0 Å². The van der Waals surface area contributed by atoms with Gasteiger partial charge in [0.2, 0.25) is 0 Å². The minimum absolute atomic E-state index is 0.800. The SMILES string of the molecule is C(=Nc1ccccc1)c1sc2nccnc2c1N=P(c1ccccc1)(c1ccccc1)c1ccccc1. The van der Waals surface area contributed by atoms with Gasteiger partial charge in [0.1, 0.15) is 16.0 Å². The summed E-state index contributed by atoms with van der Waals surface area (Å²) in [5.74, 6) is 0. The van der Waals surface area contributed by atoms with Crippen molar-refractivity contribution in [2.75, 3.05) is 0 Å². The van der Waals surface area contributed by atoms with Crippen LogP contribution < -0.4 is 15.9 Å². The molecule has 4 nitrogen and oxygen atoms in total.